The van der Waals surface area contributed by atoms with Crippen LogP contribution in [0.2, 0.25) is 10.3 Å². The number of nitrogen functional groups attached to an aromatic ring is 1. The highest BCUT2D eigenvalue weighted by Gasteiger charge is 2.07. The molecule has 1 heterocycles. The van der Waals surface area contributed by atoms with Crippen molar-refractivity contribution in [3.8, 4) is 0 Å². The Kier molecular flexibility index (Phi) is 1.86. The number of anilines is 1. The molecule has 68 valence electrons. The first-order valence-electron chi connectivity index (χ1n) is 3.66. The van der Waals surface area contributed by atoms with Gasteiger partial charge in [-0.15, -0.1) is 0 Å². The van der Waals surface area contributed by atoms with E-state index in [1.54, 1.807) is 16.7 Å². The zero-order valence-corrected chi connectivity index (χ0v) is 8.39. The van der Waals surface area contributed by atoms with Gasteiger partial charge in [-0.05, 0) is 23.7 Å². The molecule has 2 N–H and O–H groups in total. The fourth-order valence-corrected chi connectivity index (χ4v) is 1.54. The summed E-state index contributed by atoms with van der Waals surface area (Å²) in [4.78, 5) is 4.10. The van der Waals surface area contributed by atoms with Crippen LogP contribution in [-0.4, -0.2) is 9.55 Å². The summed E-state index contributed by atoms with van der Waals surface area (Å²) in [6, 6.07) is 3.47. The number of imidazole rings is 1. The van der Waals surface area contributed by atoms with Crippen molar-refractivity contribution in [3.05, 3.63) is 22.4 Å². The third-order valence-electron chi connectivity index (χ3n) is 1.94. The minimum Gasteiger partial charge on any atom is -0.397 e. The van der Waals surface area contributed by atoms with Gasteiger partial charge < -0.3 is 10.3 Å². The second-order valence-corrected chi connectivity index (χ2v) is 3.55. The number of halogens is 2. The normalized spacial score (nSPS) is 11.0. The molecule has 0 fully saturated rings. The molecule has 0 saturated carbocycles. The summed E-state index contributed by atoms with van der Waals surface area (Å²) < 4.78 is 1.75. The number of aromatic nitrogens is 2. The van der Waals surface area contributed by atoms with Gasteiger partial charge in [0.2, 0.25) is 5.28 Å². The number of nitrogens with zero attached hydrogens (tertiary/aromatic N) is 2. The van der Waals surface area contributed by atoms with E-state index in [1.807, 2.05) is 7.05 Å². The predicted octanol–water partition coefficient (Wildman–Crippen LogP) is 2.46. The van der Waals surface area contributed by atoms with Crippen LogP contribution in [0.3, 0.4) is 0 Å². The lowest BCUT2D eigenvalue weighted by molar-refractivity contribution is 0.949. The van der Waals surface area contributed by atoms with Gasteiger partial charge in [0.1, 0.15) is 0 Å². The Morgan fingerprint density at radius 2 is 2.08 bits per heavy atom. The molecule has 1 aromatic heterocycles. The molecule has 0 atom stereocenters. The summed E-state index contributed by atoms with van der Waals surface area (Å²) in [7, 11) is 1.82. The third-order valence-corrected chi connectivity index (χ3v) is 2.61. The van der Waals surface area contributed by atoms with Crippen LogP contribution in [0.1, 0.15) is 0 Å². The van der Waals surface area contributed by atoms with E-state index in [0.29, 0.717) is 16.0 Å². The van der Waals surface area contributed by atoms with Crippen LogP contribution in [-0.2, 0) is 7.05 Å². The molecule has 0 aliphatic carbocycles. The van der Waals surface area contributed by atoms with E-state index >= 15 is 0 Å². The monoisotopic (exact) mass is 215 g/mol. The van der Waals surface area contributed by atoms with E-state index in [9.17, 15) is 0 Å². The van der Waals surface area contributed by atoms with Crippen molar-refractivity contribution in [3.63, 3.8) is 0 Å². The lowest BCUT2D eigenvalue weighted by Gasteiger charge is -1.98. The van der Waals surface area contributed by atoms with Crippen LogP contribution < -0.4 is 5.73 Å². The molecule has 13 heavy (non-hydrogen) atoms. The highest BCUT2D eigenvalue weighted by Crippen LogP contribution is 2.26. The van der Waals surface area contributed by atoms with Crippen molar-refractivity contribution >= 4 is 39.9 Å². The number of fused-ring (bicyclic) bond motifs is 1. The average Bonchev–Trinajstić information content (AvgIpc) is 2.32. The van der Waals surface area contributed by atoms with Crippen LogP contribution in [0.5, 0.6) is 0 Å². The number of benzene rings is 1. The second-order valence-electron chi connectivity index (χ2n) is 2.80. The van der Waals surface area contributed by atoms with Gasteiger partial charge in [0, 0.05) is 7.05 Å². The first-order valence-corrected chi connectivity index (χ1v) is 4.42. The fourth-order valence-electron chi connectivity index (χ4n) is 1.20. The zero-order valence-electron chi connectivity index (χ0n) is 6.88. The van der Waals surface area contributed by atoms with E-state index in [4.69, 9.17) is 28.9 Å². The second kappa shape index (κ2) is 2.79. The Hall–Kier alpha value is -0.930. The predicted molar refractivity (Wildman–Crippen MR) is 55.1 cm³/mol. The number of aryl methyl sites for hydroxylation is 1. The Morgan fingerprint density at radius 1 is 1.38 bits per heavy atom. The molecule has 0 radical (unpaired) electrons. The molecule has 0 bridgehead atoms. The molecule has 2 rings (SSSR count). The van der Waals surface area contributed by atoms with E-state index in [2.05, 4.69) is 4.98 Å². The Labute approximate surface area is 85.1 Å². The first kappa shape index (κ1) is 8.66. The molecular formula is C8H7Cl2N3. The largest absolute Gasteiger partial charge is 0.397 e. The van der Waals surface area contributed by atoms with Gasteiger partial charge in [-0.3, -0.25) is 0 Å². The third kappa shape index (κ3) is 1.24. The summed E-state index contributed by atoms with van der Waals surface area (Å²) in [5.74, 6) is 0. The highest BCUT2D eigenvalue weighted by molar-refractivity contribution is 6.34. The van der Waals surface area contributed by atoms with Crippen molar-refractivity contribution in [2.24, 2.45) is 7.05 Å². The standard InChI is InChI=1S/C8H7Cl2N3/c1-13-7-2-4(9)5(11)3-6(7)12-8(13)10/h2-3H,11H2,1H3. The van der Waals surface area contributed by atoms with E-state index in [-0.39, 0.29) is 0 Å². The molecule has 3 nitrogen and oxygen atoms in total. The van der Waals surface area contributed by atoms with E-state index < -0.39 is 0 Å². The van der Waals surface area contributed by atoms with E-state index in [0.717, 1.165) is 11.0 Å². The molecule has 5 heteroatoms. The van der Waals surface area contributed by atoms with Gasteiger partial charge in [-0.1, -0.05) is 11.6 Å². The Morgan fingerprint density at radius 3 is 2.77 bits per heavy atom. The maximum atomic E-state index is 5.86. The van der Waals surface area contributed by atoms with Crippen LogP contribution in [0.25, 0.3) is 11.0 Å². The quantitative estimate of drug-likeness (QED) is 0.687. The number of hydrogen-bond donors (Lipinski definition) is 1. The van der Waals surface area contributed by atoms with Gasteiger partial charge >= 0.3 is 0 Å². The van der Waals surface area contributed by atoms with Crippen LogP contribution in [0.15, 0.2) is 12.1 Å². The van der Waals surface area contributed by atoms with Crippen molar-refractivity contribution < 1.29 is 0 Å². The zero-order chi connectivity index (χ0) is 9.59. The average molecular weight is 216 g/mol. The van der Waals surface area contributed by atoms with Crippen LogP contribution in [0, 0.1) is 0 Å². The number of hydrogen-bond acceptors (Lipinski definition) is 2. The van der Waals surface area contributed by atoms with Gasteiger partial charge in [-0.2, -0.15) is 0 Å². The fraction of sp³-hybridized carbons (Fsp3) is 0.125. The van der Waals surface area contributed by atoms with Crippen molar-refractivity contribution in [1.29, 1.82) is 0 Å². The van der Waals surface area contributed by atoms with Crippen molar-refractivity contribution in [1.82, 2.24) is 9.55 Å². The topological polar surface area (TPSA) is 43.8 Å². The van der Waals surface area contributed by atoms with Crippen LogP contribution in [0.4, 0.5) is 5.69 Å². The molecule has 0 aliphatic rings. The lowest BCUT2D eigenvalue weighted by atomic mass is 10.3. The first-order chi connectivity index (χ1) is 6.09. The summed E-state index contributed by atoms with van der Waals surface area (Å²) in [6.45, 7) is 0. The smallest absolute Gasteiger partial charge is 0.203 e. The summed E-state index contributed by atoms with van der Waals surface area (Å²) >= 11 is 11.7. The minimum atomic E-state index is 0.427. The van der Waals surface area contributed by atoms with Gasteiger partial charge in [0.15, 0.2) is 0 Å². The van der Waals surface area contributed by atoms with Gasteiger partial charge in [0.25, 0.3) is 0 Å². The van der Waals surface area contributed by atoms with E-state index in [1.165, 1.54) is 0 Å². The molecule has 1 aromatic carbocycles. The summed E-state index contributed by atoms with van der Waals surface area (Å²) in [6.07, 6.45) is 0. The molecule has 0 unspecified atom stereocenters. The number of nitrogens with two attached hydrogens (primary N) is 1. The van der Waals surface area contributed by atoms with Gasteiger partial charge in [-0.25, -0.2) is 4.98 Å². The van der Waals surface area contributed by atoms with Crippen molar-refractivity contribution in [2.75, 3.05) is 5.73 Å². The molecule has 0 saturated heterocycles. The maximum Gasteiger partial charge on any atom is 0.203 e. The lowest BCUT2D eigenvalue weighted by Crippen LogP contribution is -1.89. The SMILES string of the molecule is Cn1c(Cl)nc2cc(N)c(Cl)cc21. The highest BCUT2D eigenvalue weighted by atomic mass is 35.5. The van der Waals surface area contributed by atoms with Crippen LogP contribution >= 0.6 is 23.2 Å². The molecule has 0 amide bonds. The minimum absolute atomic E-state index is 0.427. The van der Waals surface area contributed by atoms with Gasteiger partial charge in [0.05, 0.1) is 21.7 Å². The Balaban J connectivity index is 2.89. The summed E-state index contributed by atoms with van der Waals surface area (Å²) in [5, 5.41) is 0.948. The van der Waals surface area contributed by atoms with Crippen molar-refractivity contribution in [2.45, 2.75) is 0 Å². The Bertz CT molecular complexity index is 476. The maximum absolute atomic E-state index is 5.86. The molecule has 0 spiro atoms. The molecule has 2 aromatic rings. The molecule has 0 aliphatic heterocycles. The summed E-state index contributed by atoms with van der Waals surface area (Å²) in [5.41, 5.74) is 7.78. The number of rotatable bonds is 0. The molecular weight excluding hydrogens is 209 g/mol.